The van der Waals surface area contributed by atoms with Crippen molar-refractivity contribution in [3.8, 4) is 0 Å². The minimum atomic E-state index is -0.445. The van der Waals surface area contributed by atoms with E-state index in [9.17, 15) is 14.7 Å². The third-order valence-corrected chi connectivity index (χ3v) is 6.19. The first-order chi connectivity index (χ1) is 12.9. The van der Waals surface area contributed by atoms with Crippen LogP contribution in [0.3, 0.4) is 0 Å². The summed E-state index contributed by atoms with van der Waals surface area (Å²) in [5.74, 6) is -0.108. The van der Waals surface area contributed by atoms with Gasteiger partial charge in [-0.15, -0.1) is 0 Å². The highest BCUT2D eigenvalue weighted by Crippen LogP contribution is 2.40. The van der Waals surface area contributed by atoms with Crippen LogP contribution in [0.1, 0.15) is 36.8 Å². The molecule has 2 N–H and O–H groups in total. The average Bonchev–Trinajstić information content (AvgIpc) is 2.62. The summed E-state index contributed by atoms with van der Waals surface area (Å²) in [5, 5.41) is 12.5. The van der Waals surface area contributed by atoms with E-state index in [0.717, 1.165) is 25.8 Å². The van der Waals surface area contributed by atoms with E-state index in [0.29, 0.717) is 19.6 Å². The molecule has 6 heteroatoms. The Balaban J connectivity index is 1.65. The highest BCUT2D eigenvalue weighted by atomic mass is 16.3. The molecule has 0 spiro atoms. The maximum Gasteiger partial charge on any atom is 0.237 e. The highest BCUT2D eigenvalue weighted by molar-refractivity contribution is 5.88. The van der Waals surface area contributed by atoms with Crippen LogP contribution in [0, 0.1) is 12.3 Å². The molecule has 1 saturated heterocycles. The minimum absolute atomic E-state index is 0.0356. The van der Waals surface area contributed by atoms with Crippen molar-refractivity contribution >= 4 is 11.8 Å². The first-order valence-corrected chi connectivity index (χ1v) is 9.85. The van der Waals surface area contributed by atoms with Crippen molar-refractivity contribution in [1.82, 2.24) is 15.1 Å². The fraction of sp³-hybridized carbons (Fsp3) is 0.619. The van der Waals surface area contributed by atoms with Crippen molar-refractivity contribution in [2.75, 3.05) is 33.3 Å². The number of rotatable bonds is 7. The van der Waals surface area contributed by atoms with Crippen LogP contribution in [0.5, 0.6) is 0 Å². The van der Waals surface area contributed by atoms with Crippen molar-refractivity contribution in [3.05, 3.63) is 35.4 Å². The van der Waals surface area contributed by atoms with Gasteiger partial charge in [0.2, 0.25) is 11.8 Å². The number of benzene rings is 1. The van der Waals surface area contributed by atoms with Gasteiger partial charge in [0.1, 0.15) is 0 Å². The summed E-state index contributed by atoms with van der Waals surface area (Å²) in [6.45, 7) is 4.77. The maximum absolute atomic E-state index is 12.8. The van der Waals surface area contributed by atoms with Crippen LogP contribution in [0.4, 0.5) is 0 Å². The van der Waals surface area contributed by atoms with Crippen LogP contribution < -0.4 is 5.32 Å². The van der Waals surface area contributed by atoms with Gasteiger partial charge in [0.15, 0.2) is 0 Å². The number of aliphatic hydroxyl groups excluding tert-OH is 1. The number of piperazine rings is 1. The summed E-state index contributed by atoms with van der Waals surface area (Å²) in [6, 6.07) is 7.72. The van der Waals surface area contributed by atoms with E-state index >= 15 is 0 Å². The molecule has 6 nitrogen and oxygen atoms in total. The van der Waals surface area contributed by atoms with E-state index in [4.69, 9.17) is 0 Å². The Morgan fingerprint density at radius 2 is 2.11 bits per heavy atom. The predicted molar refractivity (Wildman–Crippen MR) is 104 cm³/mol. The summed E-state index contributed by atoms with van der Waals surface area (Å²) in [5.41, 5.74) is 2.24. The van der Waals surface area contributed by atoms with Gasteiger partial charge in [-0.25, -0.2) is 0 Å². The number of hydrogen-bond acceptors (Lipinski definition) is 4. The standard InChI is InChI=1S/C21H31N3O3/c1-16-6-3-4-7-17(16)13-24-11-10-22-20(27)18(24)12-19(26)23(2)14-21(15-25)8-5-9-21/h3-4,6-7,18,25H,5,8-15H2,1-2H3,(H,22,27)/t18-/m0/s1. The third kappa shape index (κ3) is 4.50. The second-order valence-corrected chi connectivity index (χ2v) is 8.17. The second kappa shape index (κ2) is 8.40. The number of carbonyl (C=O) groups excluding carboxylic acids is 2. The van der Waals surface area contributed by atoms with E-state index in [1.165, 1.54) is 11.1 Å². The minimum Gasteiger partial charge on any atom is -0.396 e. The van der Waals surface area contributed by atoms with Gasteiger partial charge >= 0.3 is 0 Å². The number of aryl methyl sites for hydroxylation is 1. The van der Waals surface area contributed by atoms with Gasteiger partial charge in [-0.3, -0.25) is 14.5 Å². The number of carbonyl (C=O) groups is 2. The first kappa shape index (κ1) is 19.8. The highest BCUT2D eigenvalue weighted by Gasteiger charge is 2.39. The second-order valence-electron chi connectivity index (χ2n) is 8.17. The molecule has 1 aliphatic heterocycles. The van der Waals surface area contributed by atoms with E-state index in [1.54, 1.807) is 11.9 Å². The molecular weight excluding hydrogens is 342 g/mol. The fourth-order valence-corrected chi connectivity index (χ4v) is 4.14. The molecule has 1 atom stereocenters. The predicted octanol–water partition coefficient (Wildman–Crippen LogP) is 1.31. The smallest absolute Gasteiger partial charge is 0.237 e. The molecule has 1 saturated carbocycles. The summed E-state index contributed by atoms with van der Waals surface area (Å²) >= 11 is 0. The molecule has 2 fully saturated rings. The van der Waals surface area contributed by atoms with Crippen LogP contribution in [0.2, 0.25) is 0 Å². The summed E-state index contributed by atoms with van der Waals surface area (Å²) in [6.07, 6.45) is 3.21. The monoisotopic (exact) mass is 373 g/mol. The number of nitrogens with one attached hydrogen (secondary N) is 1. The quantitative estimate of drug-likeness (QED) is 0.756. The number of amides is 2. The van der Waals surface area contributed by atoms with Crippen molar-refractivity contribution in [2.24, 2.45) is 5.41 Å². The molecule has 0 unspecified atom stereocenters. The van der Waals surface area contributed by atoms with Crippen molar-refractivity contribution < 1.29 is 14.7 Å². The Morgan fingerprint density at radius 1 is 1.37 bits per heavy atom. The lowest BCUT2D eigenvalue weighted by atomic mass is 9.69. The Labute approximate surface area is 161 Å². The Hall–Kier alpha value is -1.92. The molecule has 2 amide bonds. The Morgan fingerprint density at radius 3 is 2.74 bits per heavy atom. The average molecular weight is 373 g/mol. The van der Waals surface area contributed by atoms with Crippen LogP contribution >= 0.6 is 0 Å². The zero-order chi connectivity index (χ0) is 19.4. The van der Waals surface area contributed by atoms with Gasteiger partial charge in [0.05, 0.1) is 19.1 Å². The van der Waals surface area contributed by atoms with Crippen molar-refractivity contribution in [1.29, 1.82) is 0 Å². The van der Waals surface area contributed by atoms with Crippen molar-refractivity contribution in [2.45, 2.75) is 45.2 Å². The van der Waals surface area contributed by atoms with E-state index in [2.05, 4.69) is 29.3 Å². The zero-order valence-electron chi connectivity index (χ0n) is 16.4. The van der Waals surface area contributed by atoms with Crippen LogP contribution in [0.15, 0.2) is 24.3 Å². The van der Waals surface area contributed by atoms with E-state index in [1.807, 2.05) is 12.1 Å². The van der Waals surface area contributed by atoms with E-state index in [-0.39, 0.29) is 30.3 Å². The van der Waals surface area contributed by atoms with Gasteiger partial charge in [0, 0.05) is 38.6 Å². The van der Waals surface area contributed by atoms with Crippen molar-refractivity contribution in [3.63, 3.8) is 0 Å². The largest absolute Gasteiger partial charge is 0.396 e. The zero-order valence-corrected chi connectivity index (χ0v) is 16.4. The lowest BCUT2D eigenvalue weighted by Crippen LogP contribution is -2.56. The third-order valence-electron chi connectivity index (χ3n) is 6.19. The van der Waals surface area contributed by atoms with Gasteiger partial charge in [0.25, 0.3) is 0 Å². The molecular formula is C21H31N3O3. The van der Waals surface area contributed by atoms with Gasteiger partial charge in [-0.2, -0.15) is 0 Å². The molecule has 27 heavy (non-hydrogen) atoms. The normalized spacial score (nSPS) is 22.0. The SMILES string of the molecule is Cc1ccccc1CN1CCNC(=O)[C@@H]1CC(=O)N(C)CC1(CO)CCC1. The molecule has 2 aliphatic rings. The lowest BCUT2D eigenvalue weighted by Gasteiger charge is -2.43. The molecule has 1 aromatic rings. The van der Waals surface area contributed by atoms with Crippen LogP contribution in [0.25, 0.3) is 0 Å². The van der Waals surface area contributed by atoms with Gasteiger partial charge < -0.3 is 15.3 Å². The number of aliphatic hydroxyl groups is 1. The van der Waals surface area contributed by atoms with Gasteiger partial charge in [-0.1, -0.05) is 30.7 Å². The van der Waals surface area contributed by atoms with Gasteiger partial charge in [-0.05, 0) is 30.9 Å². The molecule has 0 bridgehead atoms. The molecule has 1 heterocycles. The molecule has 0 aromatic heterocycles. The Bertz CT molecular complexity index is 681. The molecule has 1 aliphatic carbocycles. The molecule has 148 valence electrons. The maximum atomic E-state index is 12.8. The summed E-state index contributed by atoms with van der Waals surface area (Å²) in [4.78, 5) is 29.1. The number of hydrogen-bond donors (Lipinski definition) is 2. The van der Waals surface area contributed by atoms with Crippen LogP contribution in [-0.2, 0) is 16.1 Å². The van der Waals surface area contributed by atoms with E-state index < -0.39 is 6.04 Å². The Kier molecular flexibility index (Phi) is 6.17. The summed E-state index contributed by atoms with van der Waals surface area (Å²) < 4.78 is 0. The summed E-state index contributed by atoms with van der Waals surface area (Å²) in [7, 11) is 1.78. The first-order valence-electron chi connectivity index (χ1n) is 9.85. The number of nitrogens with zero attached hydrogens (tertiary/aromatic N) is 2. The topological polar surface area (TPSA) is 72.9 Å². The van der Waals surface area contributed by atoms with Crippen LogP contribution in [-0.4, -0.2) is 66.1 Å². The molecule has 0 radical (unpaired) electrons. The molecule has 3 rings (SSSR count). The lowest BCUT2D eigenvalue weighted by molar-refractivity contribution is -0.140. The fourth-order valence-electron chi connectivity index (χ4n) is 4.14. The molecule has 1 aromatic carbocycles.